The third-order valence-corrected chi connectivity index (χ3v) is 4.47. The zero-order chi connectivity index (χ0) is 17.2. The maximum absolute atomic E-state index is 12.3. The zero-order valence-electron chi connectivity index (χ0n) is 15.0. The van der Waals surface area contributed by atoms with Crippen LogP contribution in [0, 0.1) is 5.41 Å². The number of anilines is 1. The van der Waals surface area contributed by atoms with Crippen molar-refractivity contribution < 1.29 is 9.53 Å². The molecule has 0 aliphatic carbocycles. The van der Waals surface area contributed by atoms with Crippen LogP contribution in [0.3, 0.4) is 0 Å². The first kappa shape index (κ1) is 24.1. The number of hydrogen-bond donors (Lipinski definition) is 2. The number of nitrogens with two attached hydrogens (primary N) is 1. The van der Waals surface area contributed by atoms with E-state index in [9.17, 15) is 4.79 Å². The van der Waals surface area contributed by atoms with Gasteiger partial charge in [0.05, 0.1) is 18.8 Å². The maximum Gasteiger partial charge on any atom is 0.237 e. The topological polar surface area (TPSA) is 67.6 Å². The van der Waals surface area contributed by atoms with Gasteiger partial charge in [0.15, 0.2) is 0 Å². The van der Waals surface area contributed by atoms with Gasteiger partial charge in [-0.3, -0.25) is 4.79 Å². The fourth-order valence-corrected chi connectivity index (χ4v) is 2.86. The van der Waals surface area contributed by atoms with Gasteiger partial charge in [0.2, 0.25) is 5.91 Å². The number of ether oxygens (including phenoxy) is 1. The van der Waals surface area contributed by atoms with Crippen molar-refractivity contribution in [2.24, 2.45) is 11.1 Å². The highest BCUT2D eigenvalue weighted by molar-refractivity contribution is 6.30. The molecule has 1 aliphatic heterocycles. The molecule has 1 heterocycles. The molecule has 1 fully saturated rings. The van der Waals surface area contributed by atoms with E-state index in [1.807, 2.05) is 39.0 Å². The van der Waals surface area contributed by atoms with Crippen molar-refractivity contribution in [1.82, 2.24) is 5.32 Å². The van der Waals surface area contributed by atoms with Gasteiger partial charge in [0.1, 0.15) is 5.75 Å². The quantitative estimate of drug-likeness (QED) is 0.796. The molecular formula is C17H28Cl3N3O2. The third kappa shape index (κ3) is 6.10. The first-order valence-electron chi connectivity index (χ1n) is 7.87. The van der Waals surface area contributed by atoms with E-state index in [-0.39, 0.29) is 42.2 Å². The Morgan fingerprint density at radius 1 is 1.40 bits per heavy atom. The summed E-state index contributed by atoms with van der Waals surface area (Å²) < 4.78 is 5.40. The molecule has 0 saturated carbocycles. The second kappa shape index (κ2) is 9.72. The van der Waals surface area contributed by atoms with Crippen LogP contribution >= 0.6 is 36.4 Å². The van der Waals surface area contributed by atoms with E-state index < -0.39 is 6.04 Å². The number of benzene rings is 1. The number of nitrogens with one attached hydrogen (secondary N) is 1. The van der Waals surface area contributed by atoms with Crippen LogP contribution in [0.5, 0.6) is 5.75 Å². The Morgan fingerprint density at radius 3 is 2.60 bits per heavy atom. The number of carbonyl (C=O) groups is 1. The SMILES string of the molecule is COc1ccc(Cl)cc1N1CCC(NC(=O)[C@@H](N)C(C)(C)C)C1.Cl.Cl. The normalized spacial score (nSPS) is 18.0. The molecule has 0 aromatic heterocycles. The summed E-state index contributed by atoms with van der Waals surface area (Å²) in [4.78, 5) is 14.4. The van der Waals surface area contributed by atoms with Crippen molar-refractivity contribution in [3.63, 3.8) is 0 Å². The molecular weight excluding hydrogens is 385 g/mol. The minimum Gasteiger partial charge on any atom is -0.495 e. The second-order valence-electron chi connectivity index (χ2n) is 7.10. The molecule has 8 heteroatoms. The van der Waals surface area contributed by atoms with E-state index in [1.54, 1.807) is 7.11 Å². The van der Waals surface area contributed by atoms with E-state index in [0.717, 1.165) is 30.9 Å². The molecule has 0 bridgehead atoms. The standard InChI is InChI=1S/C17H26ClN3O2.2ClH/c1-17(2,3)15(19)16(22)20-12-7-8-21(10-12)13-9-11(18)5-6-14(13)23-4;;/h5-6,9,12,15H,7-8,10,19H2,1-4H3,(H,20,22);2*1H/t12?,15-;;/m1../s1. The van der Waals surface area contributed by atoms with Gasteiger partial charge in [-0.05, 0) is 30.0 Å². The Bertz CT molecular complexity index is 579. The van der Waals surface area contributed by atoms with Gasteiger partial charge < -0.3 is 20.7 Å². The lowest BCUT2D eigenvalue weighted by Gasteiger charge is -2.27. The average Bonchev–Trinajstić information content (AvgIpc) is 2.93. The Kier molecular flexibility index (Phi) is 9.38. The fourth-order valence-electron chi connectivity index (χ4n) is 2.69. The van der Waals surface area contributed by atoms with E-state index >= 15 is 0 Å². The number of carbonyl (C=O) groups excluding carboxylic acids is 1. The van der Waals surface area contributed by atoms with Gasteiger partial charge in [-0.2, -0.15) is 0 Å². The third-order valence-electron chi connectivity index (χ3n) is 4.23. The van der Waals surface area contributed by atoms with Crippen LogP contribution in [0.25, 0.3) is 0 Å². The molecule has 2 rings (SSSR count). The number of methoxy groups -OCH3 is 1. The van der Waals surface area contributed by atoms with Crippen molar-refractivity contribution in [1.29, 1.82) is 0 Å². The summed E-state index contributed by atoms with van der Waals surface area (Å²) in [6, 6.07) is 5.13. The highest BCUT2D eigenvalue weighted by atomic mass is 35.5. The molecule has 0 radical (unpaired) electrons. The molecule has 144 valence electrons. The minimum absolute atomic E-state index is 0. The lowest BCUT2D eigenvalue weighted by Crippen LogP contribution is -2.51. The summed E-state index contributed by atoms with van der Waals surface area (Å²) in [7, 11) is 1.64. The molecule has 25 heavy (non-hydrogen) atoms. The van der Waals surface area contributed by atoms with E-state index in [0.29, 0.717) is 5.02 Å². The molecule has 5 nitrogen and oxygen atoms in total. The molecule has 1 unspecified atom stereocenters. The van der Waals surface area contributed by atoms with Crippen LogP contribution in [0.15, 0.2) is 18.2 Å². The number of amides is 1. The fraction of sp³-hybridized carbons (Fsp3) is 0.588. The predicted octanol–water partition coefficient (Wildman–Crippen LogP) is 3.26. The minimum atomic E-state index is -0.516. The summed E-state index contributed by atoms with van der Waals surface area (Å²) in [6.45, 7) is 7.46. The van der Waals surface area contributed by atoms with E-state index in [4.69, 9.17) is 22.1 Å². The first-order chi connectivity index (χ1) is 10.7. The highest BCUT2D eigenvalue weighted by Crippen LogP contribution is 2.33. The average molecular weight is 413 g/mol. The number of nitrogens with zero attached hydrogens (tertiary/aromatic N) is 1. The van der Waals surface area contributed by atoms with Crippen LogP contribution in [-0.4, -0.2) is 38.2 Å². The van der Waals surface area contributed by atoms with Gasteiger partial charge in [-0.25, -0.2) is 0 Å². The van der Waals surface area contributed by atoms with Crippen molar-refractivity contribution >= 4 is 48.0 Å². The Morgan fingerprint density at radius 2 is 2.04 bits per heavy atom. The number of hydrogen-bond acceptors (Lipinski definition) is 4. The Hall–Kier alpha value is -0.880. The summed E-state index contributed by atoms with van der Waals surface area (Å²) >= 11 is 6.10. The van der Waals surface area contributed by atoms with Crippen molar-refractivity contribution in [2.45, 2.75) is 39.3 Å². The van der Waals surface area contributed by atoms with Crippen molar-refractivity contribution in [3.05, 3.63) is 23.2 Å². The second-order valence-corrected chi connectivity index (χ2v) is 7.54. The smallest absolute Gasteiger partial charge is 0.237 e. The monoisotopic (exact) mass is 411 g/mol. The van der Waals surface area contributed by atoms with Crippen LogP contribution in [0.1, 0.15) is 27.2 Å². The molecule has 1 aromatic carbocycles. The lowest BCUT2D eigenvalue weighted by atomic mass is 9.87. The molecule has 1 amide bonds. The van der Waals surface area contributed by atoms with Crippen LogP contribution in [0.4, 0.5) is 5.69 Å². The molecule has 3 N–H and O–H groups in total. The molecule has 1 aliphatic rings. The van der Waals surface area contributed by atoms with Gasteiger partial charge in [-0.1, -0.05) is 32.4 Å². The number of halogens is 3. The molecule has 1 saturated heterocycles. The van der Waals surface area contributed by atoms with Gasteiger partial charge in [-0.15, -0.1) is 24.8 Å². The summed E-state index contributed by atoms with van der Waals surface area (Å²) in [5, 5.41) is 3.73. The lowest BCUT2D eigenvalue weighted by molar-refractivity contribution is -0.125. The Balaban J connectivity index is 0.00000288. The van der Waals surface area contributed by atoms with Crippen LogP contribution in [-0.2, 0) is 4.79 Å². The molecule has 2 atom stereocenters. The predicted molar refractivity (Wildman–Crippen MR) is 109 cm³/mol. The van der Waals surface area contributed by atoms with E-state index in [2.05, 4.69) is 10.2 Å². The van der Waals surface area contributed by atoms with E-state index in [1.165, 1.54) is 0 Å². The van der Waals surface area contributed by atoms with Crippen molar-refractivity contribution in [3.8, 4) is 5.75 Å². The molecule has 0 spiro atoms. The summed E-state index contributed by atoms with van der Waals surface area (Å²) in [5.41, 5.74) is 6.72. The van der Waals surface area contributed by atoms with Gasteiger partial charge >= 0.3 is 0 Å². The molecule has 1 aromatic rings. The highest BCUT2D eigenvalue weighted by Gasteiger charge is 2.31. The van der Waals surface area contributed by atoms with Crippen LogP contribution in [0.2, 0.25) is 5.02 Å². The van der Waals surface area contributed by atoms with Gasteiger partial charge in [0, 0.05) is 24.2 Å². The van der Waals surface area contributed by atoms with Crippen molar-refractivity contribution in [2.75, 3.05) is 25.1 Å². The summed E-state index contributed by atoms with van der Waals surface area (Å²) in [6.07, 6.45) is 0.873. The zero-order valence-corrected chi connectivity index (χ0v) is 17.4. The largest absolute Gasteiger partial charge is 0.495 e. The maximum atomic E-state index is 12.3. The van der Waals surface area contributed by atoms with Crippen LogP contribution < -0.4 is 20.7 Å². The number of rotatable bonds is 4. The Labute approximate surface area is 167 Å². The summed E-state index contributed by atoms with van der Waals surface area (Å²) in [5.74, 6) is 0.690. The van der Waals surface area contributed by atoms with Gasteiger partial charge in [0.25, 0.3) is 0 Å². The first-order valence-corrected chi connectivity index (χ1v) is 8.24.